The largest absolute Gasteiger partial charge is 0.367 e. The number of rotatable bonds is 4. The summed E-state index contributed by atoms with van der Waals surface area (Å²) in [6.07, 6.45) is 3.50. The standard InChI is InChI=1S/C19H20N6S/c1-10-8-12(3)23-19-14(10)15-16(26-19)18(22-9-11(2)20)25-17(24-15)13-4-6-21-7-5-13/h4-8,11H,9,20H2,1-3H3,(H,22,24,25)/t11-/m1/s1. The fourth-order valence-electron chi connectivity index (χ4n) is 2.99. The lowest BCUT2D eigenvalue weighted by Crippen LogP contribution is -2.25. The quantitative estimate of drug-likeness (QED) is 0.574. The Bertz CT molecular complexity index is 1090. The molecule has 0 fully saturated rings. The zero-order valence-electron chi connectivity index (χ0n) is 14.9. The summed E-state index contributed by atoms with van der Waals surface area (Å²) in [5, 5.41) is 4.48. The topological polar surface area (TPSA) is 89.6 Å². The lowest BCUT2D eigenvalue weighted by atomic mass is 10.1. The van der Waals surface area contributed by atoms with Gasteiger partial charge in [0.15, 0.2) is 5.82 Å². The molecule has 0 saturated carbocycles. The normalized spacial score (nSPS) is 12.6. The Morgan fingerprint density at radius 2 is 1.92 bits per heavy atom. The van der Waals surface area contributed by atoms with Crippen molar-refractivity contribution in [1.29, 1.82) is 0 Å². The van der Waals surface area contributed by atoms with Crippen LogP contribution in [0, 0.1) is 13.8 Å². The van der Waals surface area contributed by atoms with Crippen LogP contribution in [0.4, 0.5) is 5.82 Å². The minimum atomic E-state index is 0.0286. The summed E-state index contributed by atoms with van der Waals surface area (Å²) in [6, 6.07) is 5.96. The Kier molecular flexibility index (Phi) is 4.26. The predicted octanol–water partition coefficient (Wildman–Crippen LogP) is 3.68. The molecule has 4 aromatic rings. The Morgan fingerprint density at radius 1 is 1.15 bits per heavy atom. The molecular weight excluding hydrogens is 344 g/mol. The molecule has 132 valence electrons. The minimum absolute atomic E-state index is 0.0286. The molecule has 26 heavy (non-hydrogen) atoms. The van der Waals surface area contributed by atoms with Crippen LogP contribution in [0.1, 0.15) is 18.2 Å². The van der Waals surface area contributed by atoms with Gasteiger partial charge in [0.1, 0.15) is 10.6 Å². The number of pyridine rings is 2. The maximum atomic E-state index is 5.93. The van der Waals surface area contributed by atoms with Crippen molar-refractivity contribution in [3.63, 3.8) is 0 Å². The highest BCUT2D eigenvalue weighted by Crippen LogP contribution is 2.38. The number of nitrogens with one attached hydrogen (secondary N) is 1. The first-order valence-corrected chi connectivity index (χ1v) is 9.33. The Labute approximate surface area is 155 Å². The van der Waals surface area contributed by atoms with Crippen LogP contribution in [0.15, 0.2) is 30.6 Å². The smallest absolute Gasteiger partial charge is 0.162 e. The molecule has 0 radical (unpaired) electrons. The summed E-state index contributed by atoms with van der Waals surface area (Å²) >= 11 is 1.62. The molecule has 0 spiro atoms. The van der Waals surface area contributed by atoms with E-state index in [-0.39, 0.29) is 6.04 Å². The molecule has 7 heteroatoms. The van der Waals surface area contributed by atoms with E-state index in [1.54, 1.807) is 23.7 Å². The highest BCUT2D eigenvalue weighted by atomic mass is 32.1. The van der Waals surface area contributed by atoms with Gasteiger partial charge in [0.25, 0.3) is 0 Å². The number of anilines is 1. The Balaban J connectivity index is 2.01. The first-order valence-electron chi connectivity index (χ1n) is 8.51. The fraction of sp³-hybridized carbons (Fsp3) is 0.263. The summed E-state index contributed by atoms with van der Waals surface area (Å²) < 4.78 is 1.01. The molecule has 0 aliphatic rings. The van der Waals surface area contributed by atoms with Crippen LogP contribution in [0.3, 0.4) is 0 Å². The van der Waals surface area contributed by atoms with Crippen LogP contribution in [0.2, 0.25) is 0 Å². The van der Waals surface area contributed by atoms with Gasteiger partial charge in [-0.25, -0.2) is 15.0 Å². The van der Waals surface area contributed by atoms with Crippen molar-refractivity contribution in [2.45, 2.75) is 26.8 Å². The SMILES string of the molecule is Cc1cc(C)c2c(n1)sc1c(NC[C@@H](C)N)nc(-c3ccncc3)nc12. The maximum absolute atomic E-state index is 5.93. The third kappa shape index (κ3) is 3.00. The summed E-state index contributed by atoms with van der Waals surface area (Å²) in [6.45, 7) is 6.73. The van der Waals surface area contributed by atoms with Gasteiger partial charge in [-0.2, -0.15) is 0 Å². The van der Waals surface area contributed by atoms with Gasteiger partial charge in [0.2, 0.25) is 0 Å². The van der Waals surface area contributed by atoms with Crippen molar-refractivity contribution in [3.05, 3.63) is 41.9 Å². The van der Waals surface area contributed by atoms with Crippen LogP contribution >= 0.6 is 11.3 Å². The number of aromatic nitrogens is 4. The summed E-state index contributed by atoms with van der Waals surface area (Å²) in [4.78, 5) is 19.4. The van der Waals surface area contributed by atoms with E-state index < -0.39 is 0 Å². The third-order valence-corrected chi connectivity index (χ3v) is 5.22. The van der Waals surface area contributed by atoms with Crippen molar-refractivity contribution in [3.8, 4) is 11.4 Å². The van der Waals surface area contributed by atoms with Gasteiger partial charge in [0, 0.05) is 41.6 Å². The van der Waals surface area contributed by atoms with Crippen molar-refractivity contribution in [2.75, 3.05) is 11.9 Å². The van der Waals surface area contributed by atoms with E-state index in [1.165, 1.54) is 5.56 Å². The molecule has 4 heterocycles. The van der Waals surface area contributed by atoms with Gasteiger partial charge in [-0.1, -0.05) is 0 Å². The zero-order valence-corrected chi connectivity index (χ0v) is 15.8. The molecule has 0 aliphatic heterocycles. The van der Waals surface area contributed by atoms with Crippen molar-refractivity contribution < 1.29 is 0 Å². The number of nitrogens with two attached hydrogens (primary N) is 1. The number of hydrogen-bond acceptors (Lipinski definition) is 7. The number of nitrogens with zero attached hydrogens (tertiary/aromatic N) is 4. The summed E-state index contributed by atoms with van der Waals surface area (Å²) in [5.74, 6) is 1.48. The maximum Gasteiger partial charge on any atom is 0.162 e. The summed E-state index contributed by atoms with van der Waals surface area (Å²) in [5.41, 5.74) is 9.98. The van der Waals surface area contributed by atoms with Crippen LogP contribution in [-0.4, -0.2) is 32.5 Å². The molecule has 0 amide bonds. The van der Waals surface area contributed by atoms with E-state index in [9.17, 15) is 0 Å². The van der Waals surface area contributed by atoms with Gasteiger partial charge >= 0.3 is 0 Å². The molecule has 0 saturated heterocycles. The minimum Gasteiger partial charge on any atom is -0.367 e. The van der Waals surface area contributed by atoms with Crippen molar-refractivity contribution >= 4 is 37.6 Å². The zero-order chi connectivity index (χ0) is 18.3. The Hall–Kier alpha value is -2.64. The Morgan fingerprint density at radius 3 is 2.65 bits per heavy atom. The lowest BCUT2D eigenvalue weighted by Gasteiger charge is -2.10. The first-order chi connectivity index (χ1) is 12.5. The van der Waals surface area contributed by atoms with Crippen LogP contribution in [0.5, 0.6) is 0 Å². The van der Waals surface area contributed by atoms with E-state index in [2.05, 4.69) is 23.3 Å². The molecule has 4 aromatic heterocycles. The van der Waals surface area contributed by atoms with Gasteiger partial charge < -0.3 is 11.1 Å². The monoisotopic (exact) mass is 364 g/mol. The molecule has 3 N–H and O–H groups in total. The second-order valence-electron chi connectivity index (χ2n) is 6.53. The molecule has 1 atom stereocenters. The number of fused-ring (bicyclic) bond motifs is 3. The van der Waals surface area contributed by atoms with Crippen molar-refractivity contribution in [2.24, 2.45) is 5.73 Å². The average Bonchev–Trinajstić information content (AvgIpc) is 2.98. The second kappa shape index (κ2) is 6.59. The average molecular weight is 364 g/mol. The third-order valence-electron chi connectivity index (χ3n) is 4.14. The van der Waals surface area contributed by atoms with Gasteiger partial charge in [-0.3, -0.25) is 4.98 Å². The first kappa shape index (κ1) is 16.8. The highest BCUT2D eigenvalue weighted by molar-refractivity contribution is 7.26. The van der Waals surface area contributed by atoms with Crippen molar-refractivity contribution in [1.82, 2.24) is 19.9 Å². The molecule has 0 aliphatic carbocycles. The van der Waals surface area contributed by atoms with Gasteiger partial charge in [-0.15, -0.1) is 11.3 Å². The summed E-state index contributed by atoms with van der Waals surface area (Å²) in [7, 11) is 0. The van der Waals surface area contributed by atoms with E-state index in [4.69, 9.17) is 20.7 Å². The molecular formula is C19H20N6S. The highest BCUT2D eigenvalue weighted by Gasteiger charge is 2.17. The molecule has 4 rings (SSSR count). The number of aryl methyl sites for hydroxylation is 2. The fourth-order valence-corrected chi connectivity index (χ4v) is 4.19. The lowest BCUT2D eigenvalue weighted by molar-refractivity contribution is 0.778. The number of hydrogen-bond donors (Lipinski definition) is 2. The molecule has 0 aromatic carbocycles. The van der Waals surface area contributed by atoms with Gasteiger partial charge in [-0.05, 0) is 44.5 Å². The molecule has 0 unspecified atom stereocenters. The number of thiophene rings is 1. The predicted molar refractivity (Wildman–Crippen MR) is 108 cm³/mol. The van der Waals surface area contributed by atoms with Crippen LogP contribution in [0.25, 0.3) is 31.8 Å². The molecule has 6 nitrogen and oxygen atoms in total. The van der Waals surface area contributed by atoms with E-state index in [0.29, 0.717) is 12.4 Å². The van der Waals surface area contributed by atoms with Gasteiger partial charge in [0.05, 0.1) is 10.2 Å². The van der Waals surface area contributed by atoms with Crippen LogP contribution in [-0.2, 0) is 0 Å². The van der Waals surface area contributed by atoms with E-state index in [0.717, 1.165) is 37.5 Å². The van der Waals surface area contributed by atoms with Crippen LogP contribution < -0.4 is 11.1 Å². The van der Waals surface area contributed by atoms with E-state index >= 15 is 0 Å². The van der Waals surface area contributed by atoms with E-state index in [1.807, 2.05) is 26.0 Å². The second-order valence-corrected chi connectivity index (χ2v) is 7.53. The molecule has 0 bridgehead atoms.